The van der Waals surface area contributed by atoms with Gasteiger partial charge < -0.3 is 14.5 Å². The molecule has 150 valence electrons. The average Bonchev–Trinajstić information content (AvgIpc) is 3.17. The normalized spacial score (nSPS) is 10.7. The lowest BCUT2D eigenvalue weighted by molar-refractivity contribution is 0.101. The largest absolute Gasteiger partial charge is 0.487 e. The van der Waals surface area contributed by atoms with Crippen LogP contribution in [0.3, 0.4) is 0 Å². The number of carbonyl (C=O) groups excluding carboxylic acids is 2. The van der Waals surface area contributed by atoms with Crippen molar-refractivity contribution in [1.29, 1.82) is 0 Å². The Morgan fingerprint density at radius 2 is 1.70 bits per heavy atom. The van der Waals surface area contributed by atoms with Crippen LogP contribution in [0.4, 0.5) is 5.69 Å². The van der Waals surface area contributed by atoms with E-state index in [1.165, 1.54) is 6.92 Å². The molecule has 2 aromatic carbocycles. The van der Waals surface area contributed by atoms with Crippen molar-refractivity contribution in [2.24, 2.45) is 0 Å². The number of aryl methyl sites for hydroxylation is 1. The van der Waals surface area contributed by atoms with E-state index in [4.69, 9.17) is 4.74 Å². The van der Waals surface area contributed by atoms with Crippen LogP contribution in [0.1, 0.15) is 38.9 Å². The number of hydrogen-bond acceptors (Lipinski definition) is 4. The van der Waals surface area contributed by atoms with Crippen LogP contribution in [0.2, 0.25) is 0 Å². The Morgan fingerprint density at radius 3 is 2.37 bits per heavy atom. The Bertz CT molecular complexity index is 1210. The van der Waals surface area contributed by atoms with E-state index >= 15 is 0 Å². The van der Waals surface area contributed by atoms with Gasteiger partial charge in [-0.15, -0.1) is 0 Å². The molecule has 0 bridgehead atoms. The molecule has 0 unspecified atom stereocenters. The summed E-state index contributed by atoms with van der Waals surface area (Å²) in [6.07, 6.45) is 3.90. The molecule has 0 aliphatic carbocycles. The predicted molar refractivity (Wildman–Crippen MR) is 115 cm³/mol. The lowest BCUT2D eigenvalue weighted by atomic mass is 10.1. The number of amides is 1. The van der Waals surface area contributed by atoms with E-state index in [2.05, 4.69) is 10.3 Å². The fraction of sp³-hybridized carbons (Fsp3) is 0.125. The van der Waals surface area contributed by atoms with Crippen LogP contribution in [0, 0.1) is 6.92 Å². The zero-order chi connectivity index (χ0) is 21.1. The highest BCUT2D eigenvalue weighted by atomic mass is 16.5. The highest BCUT2D eigenvalue weighted by Gasteiger charge is 2.08. The molecular formula is C24H21N3O3. The molecule has 1 N–H and O–H groups in total. The second-order valence-corrected chi connectivity index (χ2v) is 7.06. The number of anilines is 1. The van der Waals surface area contributed by atoms with Crippen molar-refractivity contribution in [3.63, 3.8) is 0 Å². The van der Waals surface area contributed by atoms with Crippen molar-refractivity contribution >= 4 is 23.0 Å². The van der Waals surface area contributed by atoms with Crippen molar-refractivity contribution in [3.05, 3.63) is 95.4 Å². The van der Waals surface area contributed by atoms with Crippen LogP contribution in [0.25, 0.3) is 5.65 Å². The Morgan fingerprint density at radius 1 is 1.00 bits per heavy atom. The van der Waals surface area contributed by atoms with Crippen LogP contribution in [0.15, 0.2) is 73.1 Å². The molecule has 0 atom stereocenters. The van der Waals surface area contributed by atoms with Gasteiger partial charge in [0, 0.05) is 29.2 Å². The second-order valence-electron chi connectivity index (χ2n) is 7.06. The van der Waals surface area contributed by atoms with Gasteiger partial charge in [0.2, 0.25) is 0 Å². The molecular weight excluding hydrogens is 378 g/mol. The van der Waals surface area contributed by atoms with Gasteiger partial charge in [0.1, 0.15) is 18.0 Å². The third-order valence-corrected chi connectivity index (χ3v) is 4.78. The summed E-state index contributed by atoms with van der Waals surface area (Å²) in [6.45, 7) is 3.87. The van der Waals surface area contributed by atoms with E-state index in [0.29, 0.717) is 29.2 Å². The van der Waals surface area contributed by atoms with Gasteiger partial charge in [0.25, 0.3) is 5.91 Å². The lowest BCUT2D eigenvalue weighted by Crippen LogP contribution is -2.11. The van der Waals surface area contributed by atoms with E-state index < -0.39 is 0 Å². The first-order chi connectivity index (χ1) is 14.5. The summed E-state index contributed by atoms with van der Waals surface area (Å²) in [5.74, 6) is 0.418. The summed E-state index contributed by atoms with van der Waals surface area (Å²) in [6, 6.07) is 17.7. The predicted octanol–water partition coefficient (Wildman–Crippen LogP) is 4.68. The second kappa shape index (κ2) is 8.21. The molecule has 30 heavy (non-hydrogen) atoms. The monoisotopic (exact) mass is 399 g/mol. The number of carbonyl (C=O) groups is 2. The Labute approximate surface area is 174 Å². The highest BCUT2D eigenvalue weighted by Crippen LogP contribution is 2.17. The minimum atomic E-state index is -0.229. The fourth-order valence-electron chi connectivity index (χ4n) is 3.13. The average molecular weight is 399 g/mol. The smallest absolute Gasteiger partial charge is 0.255 e. The van der Waals surface area contributed by atoms with Crippen molar-refractivity contribution in [3.8, 4) is 5.75 Å². The van der Waals surface area contributed by atoms with Crippen LogP contribution in [-0.4, -0.2) is 21.1 Å². The first kappa shape index (κ1) is 19.4. The number of Topliss-reactive ketones (excluding diaryl/α,β-unsaturated/α-hetero) is 1. The minimum absolute atomic E-state index is 0.0118. The van der Waals surface area contributed by atoms with Crippen LogP contribution in [0.5, 0.6) is 5.75 Å². The zero-order valence-electron chi connectivity index (χ0n) is 16.8. The van der Waals surface area contributed by atoms with Gasteiger partial charge in [-0.25, -0.2) is 4.98 Å². The SMILES string of the molecule is CC(=O)c1ccc(NC(=O)c2ccc(OCc3cn4cccc(C)c4n3)cc2)cc1. The number of rotatable bonds is 6. The van der Waals surface area contributed by atoms with Gasteiger partial charge in [0.15, 0.2) is 5.78 Å². The van der Waals surface area contributed by atoms with Crippen LogP contribution in [-0.2, 0) is 6.61 Å². The first-order valence-electron chi connectivity index (χ1n) is 9.58. The minimum Gasteiger partial charge on any atom is -0.487 e. The molecule has 1 amide bonds. The van der Waals surface area contributed by atoms with Crippen LogP contribution < -0.4 is 10.1 Å². The maximum Gasteiger partial charge on any atom is 0.255 e. The van der Waals surface area contributed by atoms with E-state index in [1.54, 1.807) is 48.5 Å². The van der Waals surface area contributed by atoms with Gasteiger partial charge >= 0.3 is 0 Å². The number of nitrogens with one attached hydrogen (secondary N) is 1. The molecule has 6 nitrogen and oxygen atoms in total. The maximum absolute atomic E-state index is 12.4. The Kier molecular flexibility index (Phi) is 5.30. The van der Waals surface area contributed by atoms with Gasteiger partial charge in [-0.2, -0.15) is 0 Å². The molecule has 2 heterocycles. The van der Waals surface area contributed by atoms with Crippen molar-refractivity contribution in [1.82, 2.24) is 9.38 Å². The number of ether oxygens (including phenoxy) is 1. The number of fused-ring (bicyclic) bond motifs is 1. The van der Waals surface area contributed by atoms with Crippen LogP contribution >= 0.6 is 0 Å². The third kappa shape index (κ3) is 4.22. The Balaban J connectivity index is 1.37. The van der Waals surface area contributed by atoms with Crippen molar-refractivity contribution in [2.45, 2.75) is 20.5 Å². The number of hydrogen-bond donors (Lipinski definition) is 1. The fourth-order valence-corrected chi connectivity index (χ4v) is 3.13. The molecule has 0 radical (unpaired) electrons. The van der Waals surface area contributed by atoms with E-state index in [1.807, 2.05) is 35.9 Å². The van der Waals surface area contributed by atoms with E-state index in [0.717, 1.165) is 16.9 Å². The molecule has 6 heteroatoms. The van der Waals surface area contributed by atoms with Gasteiger partial charge in [-0.1, -0.05) is 6.07 Å². The number of benzene rings is 2. The number of imidazole rings is 1. The summed E-state index contributed by atoms with van der Waals surface area (Å²) in [7, 11) is 0. The molecule has 0 saturated carbocycles. The standard InChI is InChI=1S/C24H21N3O3/c1-16-4-3-13-27-14-21(25-23(16)27)15-30-22-11-7-19(8-12-22)24(29)26-20-9-5-18(6-10-20)17(2)28/h3-14H,15H2,1-2H3,(H,26,29). The summed E-state index contributed by atoms with van der Waals surface area (Å²) in [5.41, 5.74) is 4.61. The van der Waals surface area contributed by atoms with E-state index in [9.17, 15) is 9.59 Å². The third-order valence-electron chi connectivity index (χ3n) is 4.78. The molecule has 0 aliphatic rings. The Hall–Kier alpha value is -3.93. The maximum atomic E-state index is 12.4. The molecule has 2 aromatic heterocycles. The molecule has 0 fully saturated rings. The summed E-state index contributed by atoms with van der Waals surface area (Å²) in [4.78, 5) is 28.3. The van der Waals surface area contributed by atoms with Crippen molar-refractivity contribution in [2.75, 3.05) is 5.32 Å². The molecule has 4 aromatic rings. The first-order valence-corrected chi connectivity index (χ1v) is 9.58. The van der Waals surface area contributed by atoms with Gasteiger partial charge in [-0.05, 0) is 74.0 Å². The highest BCUT2D eigenvalue weighted by molar-refractivity contribution is 6.04. The number of pyridine rings is 1. The summed E-state index contributed by atoms with van der Waals surface area (Å²) in [5, 5.41) is 2.82. The molecule has 0 aliphatic heterocycles. The molecule has 4 rings (SSSR count). The zero-order valence-corrected chi connectivity index (χ0v) is 16.8. The number of ketones is 1. The summed E-state index contributed by atoms with van der Waals surface area (Å²) < 4.78 is 7.79. The van der Waals surface area contributed by atoms with Gasteiger partial charge in [0.05, 0.1) is 5.69 Å². The summed E-state index contributed by atoms with van der Waals surface area (Å²) >= 11 is 0. The number of nitrogens with zero attached hydrogens (tertiary/aromatic N) is 2. The molecule has 0 spiro atoms. The lowest BCUT2D eigenvalue weighted by Gasteiger charge is -2.08. The quantitative estimate of drug-likeness (QED) is 0.478. The van der Waals surface area contributed by atoms with E-state index in [-0.39, 0.29) is 11.7 Å². The number of aromatic nitrogens is 2. The van der Waals surface area contributed by atoms with Gasteiger partial charge in [-0.3, -0.25) is 9.59 Å². The topological polar surface area (TPSA) is 72.7 Å². The molecule has 0 saturated heterocycles. The van der Waals surface area contributed by atoms with Crippen molar-refractivity contribution < 1.29 is 14.3 Å².